The summed E-state index contributed by atoms with van der Waals surface area (Å²) in [7, 11) is -9.92. The van der Waals surface area contributed by atoms with E-state index in [1.165, 1.54) is 218 Å². The molecule has 0 saturated heterocycles. The molecular weight excluding hydrogens is 1290 g/mol. The number of unbranched alkanes of at least 4 members (excludes halogenated alkanes) is 45. The third-order valence-electron chi connectivity index (χ3n) is 19.0. The zero-order chi connectivity index (χ0) is 73.0. The van der Waals surface area contributed by atoms with Crippen LogP contribution in [0.4, 0.5) is 0 Å². The highest BCUT2D eigenvalue weighted by Gasteiger charge is 2.30. The minimum atomic E-state index is -4.96. The predicted octanol–water partition coefficient (Wildman–Crippen LogP) is 23.7. The van der Waals surface area contributed by atoms with E-state index in [0.29, 0.717) is 31.6 Å². The highest BCUT2D eigenvalue weighted by atomic mass is 31.2. The molecule has 0 aromatic rings. The lowest BCUT2D eigenvalue weighted by atomic mass is 9.99. The molecular formula is C80H156O17P2. The summed E-state index contributed by atoms with van der Waals surface area (Å²) >= 11 is 0. The summed E-state index contributed by atoms with van der Waals surface area (Å²) < 4.78 is 68.6. The van der Waals surface area contributed by atoms with E-state index >= 15 is 0 Å². The Morgan fingerprint density at radius 3 is 0.768 bits per heavy atom. The first-order valence-corrected chi connectivity index (χ1v) is 44.4. The van der Waals surface area contributed by atoms with Crippen molar-refractivity contribution < 1.29 is 80.2 Å². The van der Waals surface area contributed by atoms with Crippen LogP contribution in [-0.2, 0) is 65.4 Å². The van der Waals surface area contributed by atoms with Crippen LogP contribution >= 0.6 is 15.6 Å². The molecule has 588 valence electrons. The molecule has 0 aliphatic carbocycles. The average Bonchev–Trinajstić information content (AvgIpc) is 1.72. The number of aliphatic hydroxyl groups excluding tert-OH is 1. The summed E-state index contributed by atoms with van der Waals surface area (Å²) in [4.78, 5) is 72.9. The molecule has 0 aromatic carbocycles. The van der Waals surface area contributed by atoms with Gasteiger partial charge in [0.05, 0.1) is 26.4 Å². The smallest absolute Gasteiger partial charge is 0.462 e. The molecule has 0 heterocycles. The molecule has 0 spiro atoms. The van der Waals surface area contributed by atoms with Gasteiger partial charge in [0.2, 0.25) is 0 Å². The Morgan fingerprint density at radius 1 is 0.293 bits per heavy atom. The number of phosphoric ester groups is 2. The van der Waals surface area contributed by atoms with Crippen LogP contribution in [0.3, 0.4) is 0 Å². The summed E-state index contributed by atoms with van der Waals surface area (Å²) in [6.45, 7) is 11.9. The van der Waals surface area contributed by atoms with Crippen LogP contribution in [0.1, 0.15) is 414 Å². The van der Waals surface area contributed by atoms with E-state index in [2.05, 4.69) is 48.5 Å². The maximum Gasteiger partial charge on any atom is 0.472 e. The molecule has 0 fully saturated rings. The lowest BCUT2D eigenvalue weighted by molar-refractivity contribution is -0.161. The van der Waals surface area contributed by atoms with Crippen LogP contribution < -0.4 is 0 Å². The number of carbonyl (C=O) groups excluding carboxylic acids is 4. The molecule has 0 rings (SSSR count). The van der Waals surface area contributed by atoms with Gasteiger partial charge in [-0.25, -0.2) is 9.13 Å². The van der Waals surface area contributed by atoms with Crippen molar-refractivity contribution in [1.82, 2.24) is 0 Å². The minimum absolute atomic E-state index is 0.105. The van der Waals surface area contributed by atoms with Crippen molar-refractivity contribution in [3.63, 3.8) is 0 Å². The summed E-state index contributed by atoms with van der Waals surface area (Å²) in [6, 6.07) is 0. The van der Waals surface area contributed by atoms with Crippen LogP contribution in [0.5, 0.6) is 0 Å². The summed E-state index contributed by atoms with van der Waals surface area (Å²) in [5.74, 6) is 0.215. The van der Waals surface area contributed by atoms with Crippen molar-refractivity contribution in [2.45, 2.75) is 433 Å². The second kappa shape index (κ2) is 70.4. The average molecular weight is 1450 g/mol. The van der Waals surface area contributed by atoms with Gasteiger partial charge < -0.3 is 33.8 Å². The van der Waals surface area contributed by atoms with E-state index in [0.717, 1.165) is 108 Å². The Kier molecular flexibility index (Phi) is 69.0. The van der Waals surface area contributed by atoms with Crippen molar-refractivity contribution in [2.24, 2.45) is 17.8 Å². The fourth-order valence-corrected chi connectivity index (χ4v) is 13.9. The zero-order valence-electron chi connectivity index (χ0n) is 65.0. The van der Waals surface area contributed by atoms with E-state index < -0.39 is 97.5 Å². The topological polar surface area (TPSA) is 237 Å². The Bertz CT molecular complexity index is 1920. The second-order valence-electron chi connectivity index (χ2n) is 30.0. The Balaban J connectivity index is 5.21. The maximum atomic E-state index is 13.1. The molecule has 0 aliphatic heterocycles. The molecule has 0 saturated carbocycles. The van der Waals surface area contributed by atoms with Crippen molar-refractivity contribution >= 4 is 39.5 Å². The van der Waals surface area contributed by atoms with E-state index in [9.17, 15) is 43.2 Å². The van der Waals surface area contributed by atoms with Gasteiger partial charge in [-0.15, -0.1) is 0 Å². The van der Waals surface area contributed by atoms with Gasteiger partial charge in [0.25, 0.3) is 0 Å². The number of ether oxygens (including phenoxy) is 4. The van der Waals surface area contributed by atoms with E-state index in [1.807, 2.05) is 0 Å². The van der Waals surface area contributed by atoms with Gasteiger partial charge in [-0.05, 0) is 43.4 Å². The highest BCUT2D eigenvalue weighted by Crippen LogP contribution is 2.45. The van der Waals surface area contributed by atoms with Crippen LogP contribution in [0, 0.1) is 17.8 Å². The van der Waals surface area contributed by atoms with Crippen LogP contribution in [-0.4, -0.2) is 96.7 Å². The van der Waals surface area contributed by atoms with Crippen LogP contribution in [0.2, 0.25) is 0 Å². The number of aliphatic hydroxyl groups is 1. The fraction of sp³-hybridized carbons (Fsp3) is 0.950. The molecule has 17 nitrogen and oxygen atoms in total. The first-order valence-electron chi connectivity index (χ1n) is 41.4. The van der Waals surface area contributed by atoms with Crippen molar-refractivity contribution in [3.8, 4) is 0 Å². The van der Waals surface area contributed by atoms with E-state index in [4.69, 9.17) is 37.0 Å². The molecule has 0 radical (unpaired) electrons. The Morgan fingerprint density at radius 2 is 0.515 bits per heavy atom. The number of carbonyl (C=O) groups is 4. The lowest BCUT2D eigenvalue weighted by Gasteiger charge is -2.21. The highest BCUT2D eigenvalue weighted by molar-refractivity contribution is 7.47. The van der Waals surface area contributed by atoms with Crippen LogP contribution in [0.25, 0.3) is 0 Å². The number of hydrogen-bond donors (Lipinski definition) is 3. The minimum Gasteiger partial charge on any atom is -0.462 e. The SMILES string of the molecule is CCCCCCCCCCCCCCCCC(=O)OC[C@H](COP(=O)(O)OC[C@@H](O)COP(=O)(O)OC[C@@H](COC(=O)CCCCCCCCCC(C)C)OC(=O)CCCCCCCCCCCCC(C)C)OC(=O)CCCCCCCCCCCCCCCCCCCCC(C)CC. The molecule has 0 bridgehead atoms. The number of esters is 4. The molecule has 0 aromatic heterocycles. The Labute approximate surface area is 607 Å². The van der Waals surface area contributed by atoms with Crippen molar-refractivity contribution in [3.05, 3.63) is 0 Å². The fourth-order valence-electron chi connectivity index (χ4n) is 12.3. The summed E-state index contributed by atoms with van der Waals surface area (Å²) in [5, 5.41) is 10.6. The summed E-state index contributed by atoms with van der Waals surface area (Å²) in [5.41, 5.74) is 0. The van der Waals surface area contributed by atoms with Gasteiger partial charge in [-0.2, -0.15) is 0 Å². The first-order chi connectivity index (χ1) is 47.8. The van der Waals surface area contributed by atoms with E-state index in [1.54, 1.807) is 0 Å². The van der Waals surface area contributed by atoms with Gasteiger partial charge in [-0.3, -0.25) is 37.3 Å². The second-order valence-corrected chi connectivity index (χ2v) is 32.9. The zero-order valence-corrected chi connectivity index (χ0v) is 66.8. The van der Waals surface area contributed by atoms with Gasteiger partial charge in [0.15, 0.2) is 12.2 Å². The normalized spacial score (nSPS) is 14.3. The van der Waals surface area contributed by atoms with Crippen molar-refractivity contribution in [2.75, 3.05) is 39.6 Å². The Hall–Kier alpha value is -1.94. The van der Waals surface area contributed by atoms with Gasteiger partial charge in [0.1, 0.15) is 19.3 Å². The molecule has 0 amide bonds. The quantitative estimate of drug-likeness (QED) is 0.0222. The van der Waals surface area contributed by atoms with Gasteiger partial charge in [-0.1, -0.05) is 363 Å². The molecule has 3 unspecified atom stereocenters. The molecule has 6 atom stereocenters. The first kappa shape index (κ1) is 97.1. The third-order valence-corrected chi connectivity index (χ3v) is 20.9. The monoisotopic (exact) mass is 1450 g/mol. The molecule has 3 N–H and O–H groups in total. The number of phosphoric acid groups is 2. The number of hydrogen-bond acceptors (Lipinski definition) is 15. The molecule has 99 heavy (non-hydrogen) atoms. The maximum absolute atomic E-state index is 13.1. The van der Waals surface area contributed by atoms with E-state index in [-0.39, 0.29) is 25.7 Å². The predicted molar refractivity (Wildman–Crippen MR) is 405 cm³/mol. The summed E-state index contributed by atoms with van der Waals surface area (Å²) in [6.07, 6.45) is 58.4. The van der Waals surface area contributed by atoms with Gasteiger partial charge >= 0.3 is 39.5 Å². The largest absolute Gasteiger partial charge is 0.472 e. The lowest BCUT2D eigenvalue weighted by Crippen LogP contribution is -2.30. The molecule has 19 heteroatoms. The standard InChI is InChI=1S/C80H156O17P2/c1-8-10-11-12-13-14-15-16-24-27-33-40-47-54-61-77(82)90-67-75(96-79(84)63-56-49-41-34-28-25-22-20-18-17-19-21-23-26-32-39-46-53-60-73(7)9-2)69-94-98(86,87)92-65-74(81)66-93-99(88,89)95-70-76(68-91-78(83)62-55-48-43-36-38-45-52-59-72(5)6)97-80(85)64-57-50-42-35-30-29-31-37-44-51-58-71(3)4/h71-76,81H,8-70H2,1-7H3,(H,86,87)(H,88,89)/t73?,74-,75-,76-/m1/s1. The van der Waals surface area contributed by atoms with Crippen molar-refractivity contribution in [1.29, 1.82) is 0 Å². The van der Waals surface area contributed by atoms with Crippen LogP contribution in [0.15, 0.2) is 0 Å². The third kappa shape index (κ3) is 72.8. The van der Waals surface area contributed by atoms with Gasteiger partial charge in [0, 0.05) is 25.7 Å². The molecule has 0 aliphatic rings. The number of rotatable bonds is 78.